The van der Waals surface area contributed by atoms with Crippen LogP contribution >= 0.6 is 22.9 Å². The standard InChI is InChI=1S/C32H27ClFNO3S/c1-18-17-24-29(39-30(35-24)23-12-8-11-22(27(23)34)19-9-6-5-7-10-19)26(20-13-15-21(33)16-14-20)25(18)28(31(36)37)38-32(2,3)4/h5-17,28H,1-4H3,(H,36,37). The molecule has 0 fully saturated rings. The van der Waals surface area contributed by atoms with Gasteiger partial charge in [-0.05, 0) is 68.7 Å². The number of halogens is 2. The zero-order valence-electron chi connectivity index (χ0n) is 22.0. The molecule has 1 atom stereocenters. The van der Waals surface area contributed by atoms with Gasteiger partial charge in [0, 0.05) is 27.3 Å². The van der Waals surface area contributed by atoms with Crippen molar-refractivity contribution in [2.75, 3.05) is 0 Å². The molecule has 0 aliphatic rings. The van der Waals surface area contributed by atoms with Crippen LogP contribution in [0.2, 0.25) is 5.02 Å². The van der Waals surface area contributed by atoms with Crippen LogP contribution in [0.5, 0.6) is 0 Å². The molecule has 4 nitrogen and oxygen atoms in total. The van der Waals surface area contributed by atoms with E-state index >= 15 is 4.39 Å². The molecule has 0 amide bonds. The molecular formula is C32H27ClFNO3S. The van der Waals surface area contributed by atoms with Gasteiger partial charge in [-0.2, -0.15) is 0 Å². The van der Waals surface area contributed by atoms with Crippen LogP contribution in [-0.2, 0) is 9.53 Å². The SMILES string of the molecule is Cc1cc2nc(-c3cccc(-c4ccccc4)c3F)sc2c(-c2ccc(Cl)cc2)c1C(OC(C)(C)C)C(=O)O. The highest BCUT2D eigenvalue weighted by molar-refractivity contribution is 7.22. The largest absolute Gasteiger partial charge is 0.479 e. The minimum Gasteiger partial charge on any atom is -0.479 e. The van der Waals surface area contributed by atoms with Gasteiger partial charge < -0.3 is 9.84 Å². The first kappa shape index (κ1) is 27.0. The Balaban J connectivity index is 1.77. The summed E-state index contributed by atoms with van der Waals surface area (Å²) in [4.78, 5) is 17.4. The predicted octanol–water partition coefficient (Wildman–Crippen LogP) is 9.34. The normalized spacial score (nSPS) is 12.6. The Hall–Kier alpha value is -3.58. The molecule has 5 aromatic rings. The Kier molecular flexibility index (Phi) is 7.29. The molecule has 4 aromatic carbocycles. The summed E-state index contributed by atoms with van der Waals surface area (Å²) in [5, 5.41) is 11.3. The summed E-state index contributed by atoms with van der Waals surface area (Å²) in [7, 11) is 0. The molecule has 198 valence electrons. The van der Waals surface area contributed by atoms with E-state index in [0.29, 0.717) is 37.8 Å². The van der Waals surface area contributed by atoms with Crippen LogP contribution in [0.3, 0.4) is 0 Å². The van der Waals surface area contributed by atoms with Crippen molar-refractivity contribution in [3.05, 3.63) is 101 Å². The summed E-state index contributed by atoms with van der Waals surface area (Å²) >= 11 is 7.52. The second kappa shape index (κ2) is 10.5. The second-order valence-corrected chi connectivity index (χ2v) is 11.8. The summed E-state index contributed by atoms with van der Waals surface area (Å²) in [5.41, 5.74) is 4.35. The summed E-state index contributed by atoms with van der Waals surface area (Å²) in [5.74, 6) is -1.44. The molecule has 1 aromatic heterocycles. The molecule has 1 N–H and O–H groups in total. The van der Waals surface area contributed by atoms with Crippen molar-refractivity contribution in [2.45, 2.75) is 39.4 Å². The van der Waals surface area contributed by atoms with Crippen LogP contribution in [0.25, 0.3) is 43.0 Å². The maximum Gasteiger partial charge on any atom is 0.337 e. The molecule has 1 heterocycles. The Bertz CT molecular complexity index is 1670. The van der Waals surface area contributed by atoms with E-state index in [4.69, 9.17) is 21.3 Å². The first-order valence-electron chi connectivity index (χ1n) is 12.5. The van der Waals surface area contributed by atoms with Gasteiger partial charge >= 0.3 is 5.97 Å². The fourth-order valence-electron chi connectivity index (χ4n) is 4.69. The molecule has 39 heavy (non-hydrogen) atoms. The lowest BCUT2D eigenvalue weighted by Gasteiger charge is -2.28. The summed E-state index contributed by atoms with van der Waals surface area (Å²) in [6.07, 6.45) is -1.22. The van der Waals surface area contributed by atoms with Crippen LogP contribution in [-0.4, -0.2) is 21.7 Å². The number of aromatic nitrogens is 1. The Morgan fingerprint density at radius 3 is 2.28 bits per heavy atom. The second-order valence-electron chi connectivity index (χ2n) is 10.3. The van der Waals surface area contributed by atoms with Crippen molar-refractivity contribution < 1.29 is 19.0 Å². The van der Waals surface area contributed by atoms with Gasteiger partial charge in [-0.3, -0.25) is 0 Å². The van der Waals surface area contributed by atoms with E-state index in [-0.39, 0.29) is 5.82 Å². The fraction of sp³-hybridized carbons (Fsp3) is 0.188. The first-order valence-corrected chi connectivity index (χ1v) is 13.7. The van der Waals surface area contributed by atoms with Gasteiger partial charge in [-0.15, -0.1) is 11.3 Å². The van der Waals surface area contributed by atoms with Crippen LogP contribution in [0.1, 0.15) is 38.0 Å². The van der Waals surface area contributed by atoms with Crippen molar-refractivity contribution in [1.29, 1.82) is 0 Å². The number of aliphatic carboxylic acids is 1. The zero-order valence-corrected chi connectivity index (χ0v) is 23.5. The smallest absolute Gasteiger partial charge is 0.337 e. The van der Waals surface area contributed by atoms with Crippen LogP contribution in [0, 0.1) is 12.7 Å². The molecule has 0 radical (unpaired) electrons. The van der Waals surface area contributed by atoms with Crippen LogP contribution in [0.15, 0.2) is 78.9 Å². The maximum absolute atomic E-state index is 15.9. The fourth-order valence-corrected chi connectivity index (χ4v) is 5.96. The lowest BCUT2D eigenvalue weighted by molar-refractivity contribution is -0.160. The maximum atomic E-state index is 15.9. The molecule has 0 saturated heterocycles. The summed E-state index contributed by atoms with van der Waals surface area (Å²) < 4.78 is 22.7. The highest BCUT2D eigenvalue weighted by Gasteiger charge is 2.32. The highest BCUT2D eigenvalue weighted by atomic mass is 35.5. The molecule has 5 rings (SSSR count). The van der Waals surface area contributed by atoms with Gasteiger partial charge in [0.2, 0.25) is 0 Å². The molecule has 0 spiro atoms. The lowest BCUT2D eigenvalue weighted by Crippen LogP contribution is -2.28. The van der Waals surface area contributed by atoms with E-state index in [9.17, 15) is 9.90 Å². The Morgan fingerprint density at radius 1 is 0.974 bits per heavy atom. The average Bonchev–Trinajstić information content (AvgIpc) is 3.30. The number of hydrogen-bond donors (Lipinski definition) is 1. The van der Waals surface area contributed by atoms with E-state index in [1.807, 2.05) is 82.3 Å². The van der Waals surface area contributed by atoms with Gasteiger partial charge in [0.05, 0.1) is 15.8 Å². The molecule has 7 heteroatoms. The van der Waals surface area contributed by atoms with Gasteiger partial charge in [0.15, 0.2) is 6.10 Å². The van der Waals surface area contributed by atoms with Crippen molar-refractivity contribution in [2.24, 2.45) is 0 Å². The molecule has 0 aliphatic carbocycles. The molecule has 0 aliphatic heterocycles. The predicted molar refractivity (Wildman–Crippen MR) is 157 cm³/mol. The minimum absolute atomic E-state index is 0.354. The molecule has 0 bridgehead atoms. The Morgan fingerprint density at radius 2 is 1.64 bits per heavy atom. The minimum atomic E-state index is -1.22. The zero-order chi connectivity index (χ0) is 27.9. The number of nitrogens with zero attached hydrogens (tertiary/aromatic N) is 1. The van der Waals surface area contributed by atoms with Crippen LogP contribution in [0.4, 0.5) is 4.39 Å². The molecule has 0 saturated carbocycles. The van der Waals surface area contributed by atoms with Crippen molar-refractivity contribution in [1.82, 2.24) is 4.98 Å². The number of thiazole rings is 1. The van der Waals surface area contributed by atoms with E-state index in [2.05, 4.69) is 0 Å². The number of aryl methyl sites for hydroxylation is 1. The van der Waals surface area contributed by atoms with Gasteiger partial charge in [-0.25, -0.2) is 14.2 Å². The number of hydrogen-bond acceptors (Lipinski definition) is 4. The van der Waals surface area contributed by atoms with Gasteiger partial charge in [0.25, 0.3) is 0 Å². The number of fused-ring (bicyclic) bond motifs is 1. The van der Waals surface area contributed by atoms with E-state index in [1.165, 1.54) is 11.3 Å². The van der Waals surface area contributed by atoms with Crippen LogP contribution < -0.4 is 0 Å². The van der Waals surface area contributed by atoms with E-state index in [1.54, 1.807) is 24.3 Å². The number of carboxylic acid groups (broad SMARTS) is 1. The third-order valence-electron chi connectivity index (χ3n) is 6.33. The highest BCUT2D eigenvalue weighted by Crippen LogP contribution is 2.45. The number of rotatable bonds is 6. The number of carboxylic acids is 1. The first-order chi connectivity index (χ1) is 18.5. The monoisotopic (exact) mass is 559 g/mol. The topological polar surface area (TPSA) is 59.4 Å². The van der Waals surface area contributed by atoms with Crippen molar-refractivity contribution in [3.63, 3.8) is 0 Å². The number of ether oxygens (including phenoxy) is 1. The summed E-state index contributed by atoms with van der Waals surface area (Å²) in [6, 6.07) is 23.8. The van der Waals surface area contributed by atoms with E-state index < -0.39 is 17.7 Å². The number of benzene rings is 4. The van der Waals surface area contributed by atoms with E-state index in [0.717, 1.165) is 21.4 Å². The van der Waals surface area contributed by atoms with Gasteiger partial charge in [-0.1, -0.05) is 66.2 Å². The third-order valence-corrected chi connectivity index (χ3v) is 7.71. The third kappa shape index (κ3) is 5.46. The quantitative estimate of drug-likeness (QED) is 0.225. The number of carbonyl (C=O) groups is 1. The average molecular weight is 560 g/mol. The lowest BCUT2D eigenvalue weighted by atomic mass is 9.91. The van der Waals surface area contributed by atoms with Gasteiger partial charge in [0.1, 0.15) is 10.8 Å². The molecular weight excluding hydrogens is 533 g/mol. The Labute approximate surface area is 235 Å². The summed E-state index contributed by atoms with van der Waals surface area (Å²) in [6.45, 7) is 7.33. The van der Waals surface area contributed by atoms with Crippen molar-refractivity contribution >= 4 is 39.1 Å². The van der Waals surface area contributed by atoms with Crippen molar-refractivity contribution in [3.8, 4) is 32.8 Å². The molecule has 1 unspecified atom stereocenters.